The van der Waals surface area contributed by atoms with Crippen LogP contribution in [0.1, 0.15) is 15.2 Å². The maximum absolute atomic E-state index is 13.3. The van der Waals surface area contributed by atoms with Crippen LogP contribution in [0.4, 0.5) is 15.9 Å². The molecular formula is C20H15FN4OS. The summed E-state index contributed by atoms with van der Waals surface area (Å²) in [5.41, 5.74) is 8.38. The second-order valence-electron chi connectivity index (χ2n) is 6.01. The molecule has 0 aliphatic heterocycles. The molecule has 3 N–H and O–H groups in total. The van der Waals surface area contributed by atoms with Crippen LogP contribution in [0.15, 0.2) is 54.9 Å². The third-order valence-electron chi connectivity index (χ3n) is 4.23. The highest BCUT2D eigenvalue weighted by Gasteiger charge is 2.17. The average molecular weight is 378 g/mol. The molecule has 134 valence electrons. The van der Waals surface area contributed by atoms with E-state index in [1.165, 1.54) is 18.5 Å². The highest BCUT2D eigenvalue weighted by Crippen LogP contribution is 2.40. The fourth-order valence-electron chi connectivity index (χ4n) is 2.96. The summed E-state index contributed by atoms with van der Waals surface area (Å²) in [4.78, 5) is 21.9. The van der Waals surface area contributed by atoms with E-state index in [1.807, 2.05) is 6.92 Å². The van der Waals surface area contributed by atoms with E-state index in [0.29, 0.717) is 11.4 Å². The lowest BCUT2D eigenvalue weighted by atomic mass is 10.0. The van der Waals surface area contributed by atoms with Gasteiger partial charge < -0.3 is 11.1 Å². The number of fused-ring (bicyclic) bond motifs is 1. The maximum atomic E-state index is 13.3. The van der Waals surface area contributed by atoms with Gasteiger partial charge in [0.2, 0.25) is 5.91 Å². The minimum atomic E-state index is -0.474. The van der Waals surface area contributed by atoms with Crippen molar-refractivity contribution in [2.75, 3.05) is 5.32 Å². The third-order valence-corrected chi connectivity index (χ3v) is 5.24. The van der Waals surface area contributed by atoms with Gasteiger partial charge in [-0.05, 0) is 48.9 Å². The Morgan fingerprint density at radius 1 is 1.07 bits per heavy atom. The average Bonchev–Trinajstić information content (AvgIpc) is 3.00. The Bertz CT molecular complexity index is 1140. The zero-order valence-electron chi connectivity index (χ0n) is 14.4. The Labute approximate surface area is 158 Å². The molecule has 7 heteroatoms. The van der Waals surface area contributed by atoms with Gasteiger partial charge in [0.25, 0.3) is 0 Å². The molecule has 4 rings (SSSR count). The fraction of sp³-hybridized carbons (Fsp3) is 0.0500. The van der Waals surface area contributed by atoms with E-state index >= 15 is 0 Å². The van der Waals surface area contributed by atoms with Crippen molar-refractivity contribution < 1.29 is 9.18 Å². The molecule has 2 aromatic heterocycles. The number of aryl methyl sites for hydroxylation is 1. The standard InChI is InChI=1S/C20H15FN4OS/c1-11-16(12-2-6-14(21)7-3-12)17-19(23-10-24-20(17)27-11)25-15-8-4-13(5-9-15)18(22)26/h2-10H,1H3,(H2,22,26)(H,23,24,25). The van der Waals surface area contributed by atoms with Crippen LogP contribution in [-0.4, -0.2) is 15.9 Å². The summed E-state index contributed by atoms with van der Waals surface area (Å²) in [7, 11) is 0. The molecule has 0 radical (unpaired) electrons. The minimum Gasteiger partial charge on any atom is -0.366 e. The number of nitrogens with zero attached hydrogens (tertiary/aromatic N) is 2. The number of primary amides is 1. The van der Waals surface area contributed by atoms with E-state index in [9.17, 15) is 9.18 Å². The lowest BCUT2D eigenvalue weighted by molar-refractivity contribution is 0.100. The molecule has 0 bridgehead atoms. The van der Waals surface area contributed by atoms with Gasteiger partial charge in [-0.3, -0.25) is 4.79 Å². The zero-order valence-corrected chi connectivity index (χ0v) is 15.2. The smallest absolute Gasteiger partial charge is 0.248 e. The van der Waals surface area contributed by atoms with Crippen LogP contribution in [0.25, 0.3) is 21.3 Å². The Hall–Kier alpha value is -3.32. The van der Waals surface area contributed by atoms with Gasteiger partial charge in [0, 0.05) is 21.7 Å². The number of hydrogen-bond acceptors (Lipinski definition) is 5. The van der Waals surface area contributed by atoms with Crippen LogP contribution < -0.4 is 11.1 Å². The monoisotopic (exact) mass is 378 g/mol. The van der Waals surface area contributed by atoms with E-state index in [4.69, 9.17) is 5.73 Å². The van der Waals surface area contributed by atoms with Crippen molar-refractivity contribution in [3.05, 3.63) is 71.1 Å². The number of aromatic nitrogens is 2. The molecule has 0 aliphatic carbocycles. The largest absolute Gasteiger partial charge is 0.366 e. The Morgan fingerprint density at radius 3 is 2.44 bits per heavy atom. The Balaban J connectivity index is 1.81. The van der Waals surface area contributed by atoms with Crippen LogP contribution in [0.5, 0.6) is 0 Å². The number of nitrogens with one attached hydrogen (secondary N) is 1. The molecule has 0 saturated heterocycles. The molecule has 0 unspecified atom stereocenters. The van der Waals surface area contributed by atoms with E-state index in [-0.39, 0.29) is 5.82 Å². The third kappa shape index (κ3) is 3.24. The second kappa shape index (κ2) is 6.77. The number of carbonyl (C=O) groups is 1. The number of hydrogen-bond donors (Lipinski definition) is 2. The first-order chi connectivity index (χ1) is 13.0. The first-order valence-electron chi connectivity index (χ1n) is 8.20. The van der Waals surface area contributed by atoms with E-state index in [0.717, 1.165) is 31.9 Å². The first-order valence-corrected chi connectivity index (χ1v) is 9.01. The second-order valence-corrected chi connectivity index (χ2v) is 7.21. The predicted molar refractivity (Wildman–Crippen MR) is 106 cm³/mol. The Morgan fingerprint density at radius 2 is 1.78 bits per heavy atom. The number of benzene rings is 2. The van der Waals surface area contributed by atoms with Crippen molar-refractivity contribution in [1.29, 1.82) is 0 Å². The van der Waals surface area contributed by atoms with Gasteiger partial charge in [-0.25, -0.2) is 14.4 Å². The lowest BCUT2D eigenvalue weighted by Crippen LogP contribution is -2.10. The van der Waals surface area contributed by atoms with Crippen LogP contribution in [-0.2, 0) is 0 Å². The molecule has 0 fully saturated rings. The molecule has 2 aromatic carbocycles. The van der Waals surface area contributed by atoms with Crippen molar-refractivity contribution in [3.63, 3.8) is 0 Å². The zero-order chi connectivity index (χ0) is 19.0. The number of thiophene rings is 1. The number of carbonyl (C=O) groups excluding carboxylic acids is 1. The number of rotatable bonds is 4. The number of halogens is 1. The van der Waals surface area contributed by atoms with Crippen molar-refractivity contribution in [1.82, 2.24) is 9.97 Å². The van der Waals surface area contributed by atoms with Crippen molar-refractivity contribution in [2.45, 2.75) is 6.92 Å². The number of anilines is 2. The predicted octanol–water partition coefficient (Wildman–Crippen LogP) is 4.65. The number of nitrogens with two attached hydrogens (primary N) is 1. The van der Waals surface area contributed by atoms with Crippen LogP contribution in [0.2, 0.25) is 0 Å². The van der Waals surface area contributed by atoms with Crippen molar-refractivity contribution in [2.24, 2.45) is 5.73 Å². The summed E-state index contributed by atoms with van der Waals surface area (Å²) in [5, 5.41) is 4.16. The summed E-state index contributed by atoms with van der Waals surface area (Å²) < 4.78 is 13.3. The highest BCUT2D eigenvalue weighted by molar-refractivity contribution is 7.19. The van der Waals surface area contributed by atoms with Gasteiger partial charge in [0.1, 0.15) is 22.8 Å². The minimum absolute atomic E-state index is 0.278. The molecule has 4 aromatic rings. The van der Waals surface area contributed by atoms with Crippen LogP contribution in [0.3, 0.4) is 0 Å². The van der Waals surface area contributed by atoms with Gasteiger partial charge in [-0.15, -0.1) is 11.3 Å². The molecule has 0 aliphatic rings. The summed E-state index contributed by atoms with van der Waals surface area (Å²) in [5.74, 6) is -0.103. The summed E-state index contributed by atoms with van der Waals surface area (Å²) >= 11 is 1.56. The first kappa shape index (κ1) is 17.1. The molecule has 1 amide bonds. The molecular weight excluding hydrogens is 363 g/mol. The highest BCUT2D eigenvalue weighted by atomic mass is 32.1. The molecule has 0 atom stereocenters. The molecule has 0 spiro atoms. The van der Waals surface area contributed by atoms with Gasteiger partial charge in [0.15, 0.2) is 0 Å². The summed E-state index contributed by atoms with van der Waals surface area (Å²) in [6.45, 7) is 2.01. The quantitative estimate of drug-likeness (QED) is 0.542. The van der Waals surface area contributed by atoms with Crippen molar-refractivity contribution >= 4 is 39.0 Å². The molecule has 2 heterocycles. The van der Waals surface area contributed by atoms with Gasteiger partial charge >= 0.3 is 0 Å². The molecule has 27 heavy (non-hydrogen) atoms. The fourth-order valence-corrected chi connectivity index (χ4v) is 3.97. The van der Waals surface area contributed by atoms with Crippen LogP contribution in [0, 0.1) is 12.7 Å². The van der Waals surface area contributed by atoms with E-state index in [2.05, 4.69) is 15.3 Å². The van der Waals surface area contributed by atoms with Gasteiger partial charge in [0.05, 0.1) is 5.39 Å². The van der Waals surface area contributed by atoms with E-state index in [1.54, 1.807) is 47.7 Å². The van der Waals surface area contributed by atoms with E-state index < -0.39 is 5.91 Å². The van der Waals surface area contributed by atoms with Gasteiger partial charge in [-0.1, -0.05) is 12.1 Å². The van der Waals surface area contributed by atoms with Gasteiger partial charge in [-0.2, -0.15) is 0 Å². The lowest BCUT2D eigenvalue weighted by Gasteiger charge is -2.09. The summed E-state index contributed by atoms with van der Waals surface area (Å²) in [6.07, 6.45) is 1.51. The molecule has 5 nitrogen and oxygen atoms in total. The van der Waals surface area contributed by atoms with Crippen LogP contribution >= 0.6 is 11.3 Å². The topological polar surface area (TPSA) is 80.9 Å². The SMILES string of the molecule is Cc1sc2ncnc(Nc3ccc(C(N)=O)cc3)c2c1-c1ccc(F)cc1. The Kier molecular flexibility index (Phi) is 4.29. The number of amides is 1. The molecule has 0 saturated carbocycles. The maximum Gasteiger partial charge on any atom is 0.248 e. The normalized spacial score (nSPS) is 10.9. The van der Waals surface area contributed by atoms with Crippen molar-refractivity contribution in [3.8, 4) is 11.1 Å². The summed E-state index contributed by atoms with van der Waals surface area (Å²) in [6, 6.07) is 13.2.